The summed E-state index contributed by atoms with van der Waals surface area (Å²) in [5.41, 5.74) is 0. The van der Waals surface area contributed by atoms with E-state index in [1.165, 1.54) is 19.3 Å². The molecule has 130 valence electrons. The highest BCUT2D eigenvalue weighted by Crippen LogP contribution is 2.11. The number of carbonyl (C=O) groups excluding carboxylic acids is 2. The Hall–Kier alpha value is -1.26. The molecule has 1 unspecified atom stereocenters. The van der Waals surface area contributed by atoms with Crippen LogP contribution in [0.5, 0.6) is 0 Å². The van der Waals surface area contributed by atoms with Gasteiger partial charge in [0.05, 0.1) is 13.2 Å². The van der Waals surface area contributed by atoms with Crippen LogP contribution in [0.1, 0.15) is 72.6 Å². The summed E-state index contributed by atoms with van der Waals surface area (Å²) in [6.45, 7) is 8.76. The maximum absolute atomic E-state index is 12.1. The molecule has 2 atom stereocenters. The first-order chi connectivity index (χ1) is 10.6. The van der Waals surface area contributed by atoms with Crippen molar-refractivity contribution in [3.05, 3.63) is 0 Å². The second-order valence-corrected chi connectivity index (χ2v) is 5.73. The molecule has 0 aromatic heterocycles. The number of unbranched alkanes of at least 4 members (excludes halogenated alkanes) is 4. The van der Waals surface area contributed by atoms with Crippen LogP contribution in [0.25, 0.3) is 0 Å². The average molecular weight is 315 g/mol. The predicted octanol–water partition coefficient (Wildman–Crippen LogP) is 4.05. The fraction of sp³-hybridized carbons (Fsp3) is 0.882. The molecule has 0 fully saturated rings. The van der Waals surface area contributed by atoms with Crippen LogP contribution < -0.4 is 5.32 Å². The monoisotopic (exact) mass is 315 g/mol. The number of esters is 1. The summed E-state index contributed by atoms with van der Waals surface area (Å²) in [6, 6.07) is -0.634. The van der Waals surface area contributed by atoms with E-state index in [0.29, 0.717) is 13.2 Å². The maximum atomic E-state index is 12.1. The van der Waals surface area contributed by atoms with Gasteiger partial charge in [-0.05, 0) is 18.8 Å². The Bertz CT molecular complexity index is 307. The smallest absolute Gasteiger partial charge is 0.407 e. The molecule has 0 heterocycles. The summed E-state index contributed by atoms with van der Waals surface area (Å²) in [5, 5.41) is 2.63. The molecule has 0 saturated carbocycles. The summed E-state index contributed by atoms with van der Waals surface area (Å²) >= 11 is 0. The van der Waals surface area contributed by atoms with Crippen molar-refractivity contribution in [2.75, 3.05) is 13.2 Å². The Labute approximate surface area is 135 Å². The molecule has 0 spiro atoms. The van der Waals surface area contributed by atoms with E-state index in [2.05, 4.69) is 12.2 Å². The Morgan fingerprint density at radius 2 is 1.59 bits per heavy atom. The molecule has 5 nitrogen and oxygen atoms in total. The van der Waals surface area contributed by atoms with E-state index in [4.69, 9.17) is 9.47 Å². The van der Waals surface area contributed by atoms with Gasteiger partial charge in [0, 0.05) is 0 Å². The van der Waals surface area contributed by atoms with Crippen molar-refractivity contribution in [3.63, 3.8) is 0 Å². The number of hydrogen-bond acceptors (Lipinski definition) is 4. The third-order valence-corrected chi connectivity index (χ3v) is 3.67. The van der Waals surface area contributed by atoms with Crippen molar-refractivity contribution in [1.82, 2.24) is 5.32 Å². The second-order valence-electron chi connectivity index (χ2n) is 5.73. The lowest BCUT2D eigenvalue weighted by Crippen LogP contribution is -2.46. The second kappa shape index (κ2) is 13.4. The lowest BCUT2D eigenvalue weighted by molar-refractivity contribution is -0.147. The molecule has 0 saturated heterocycles. The predicted molar refractivity (Wildman–Crippen MR) is 87.7 cm³/mol. The van der Waals surface area contributed by atoms with Gasteiger partial charge in [0.2, 0.25) is 0 Å². The topological polar surface area (TPSA) is 64.6 Å². The van der Waals surface area contributed by atoms with Gasteiger partial charge < -0.3 is 14.8 Å². The Kier molecular flexibility index (Phi) is 12.6. The summed E-state index contributed by atoms with van der Waals surface area (Å²) in [7, 11) is 0. The molecule has 22 heavy (non-hydrogen) atoms. The number of nitrogens with one attached hydrogen (secondary N) is 1. The summed E-state index contributed by atoms with van der Waals surface area (Å²) < 4.78 is 10.3. The van der Waals surface area contributed by atoms with Crippen LogP contribution in [0.3, 0.4) is 0 Å². The first-order valence-electron chi connectivity index (χ1n) is 8.66. The quantitative estimate of drug-likeness (QED) is 0.436. The van der Waals surface area contributed by atoms with Crippen molar-refractivity contribution >= 4 is 12.1 Å². The molecule has 0 aliphatic carbocycles. The minimum Gasteiger partial charge on any atom is -0.464 e. The van der Waals surface area contributed by atoms with Gasteiger partial charge in [-0.1, -0.05) is 59.8 Å². The third kappa shape index (κ3) is 9.64. The van der Waals surface area contributed by atoms with E-state index in [0.717, 1.165) is 25.7 Å². The number of carbonyl (C=O) groups is 2. The SMILES string of the molecule is CCCCCCCOC(=O)[C@@H](NC(=O)OCCC)C(C)CC. The Morgan fingerprint density at radius 1 is 0.909 bits per heavy atom. The van der Waals surface area contributed by atoms with Crippen molar-refractivity contribution in [3.8, 4) is 0 Å². The van der Waals surface area contributed by atoms with Gasteiger partial charge in [0.25, 0.3) is 0 Å². The first-order valence-corrected chi connectivity index (χ1v) is 8.66. The molecular weight excluding hydrogens is 282 g/mol. The molecule has 0 aliphatic rings. The van der Waals surface area contributed by atoms with Gasteiger partial charge in [-0.3, -0.25) is 0 Å². The maximum Gasteiger partial charge on any atom is 0.407 e. The van der Waals surface area contributed by atoms with E-state index >= 15 is 0 Å². The molecule has 1 amide bonds. The van der Waals surface area contributed by atoms with Gasteiger partial charge in [0.15, 0.2) is 0 Å². The van der Waals surface area contributed by atoms with Gasteiger partial charge in [-0.15, -0.1) is 0 Å². The highest BCUT2D eigenvalue weighted by atomic mass is 16.6. The first kappa shape index (κ1) is 20.7. The van der Waals surface area contributed by atoms with Gasteiger partial charge in [-0.2, -0.15) is 0 Å². The molecule has 0 aromatic carbocycles. The standard InChI is InChI=1S/C17H33NO4/c1-5-8-9-10-11-13-21-16(19)15(14(4)7-3)18-17(20)22-12-6-2/h14-15H,5-13H2,1-4H3,(H,18,20)/t14?,15-/m0/s1. The van der Waals surface area contributed by atoms with E-state index < -0.39 is 12.1 Å². The van der Waals surface area contributed by atoms with Gasteiger partial charge in [-0.25, -0.2) is 9.59 Å². The number of rotatable bonds is 12. The molecule has 0 aromatic rings. The molecule has 0 rings (SSSR count). The third-order valence-electron chi connectivity index (χ3n) is 3.67. The fourth-order valence-electron chi connectivity index (χ4n) is 2.00. The fourth-order valence-corrected chi connectivity index (χ4v) is 2.00. The molecule has 5 heteroatoms. The lowest BCUT2D eigenvalue weighted by Gasteiger charge is -2.22. The molecule has 1 N–H and O–H groups in total. The molecule has 0 radical (unpaired) electrons. The zero-order valence-corrected chi connectivity index (χ0v) is 14.7. The van der Waals surface area contributed by atoms with Crippen LogP contribution in [-0.2, 0) is 14.3 Å². The van der Waals surface area contributed by atoms with Crippen LogP contribution in [0.4, 0.5) is 4.79 Å². The van der Waals surface area contributed by atoms with E-state index in [9.17, 15) is 9.59 Å². The van der Waals surface area contributed by atoms with Gasteiger partial charge in [0.1, 0.15) is 6.04 Å². The zero-order valence-electron chi connectivity index (χ0n) is 14.7. The number of amides is 1. The Balaban J connectivity index is 4.19. The Morgan fingerprint density at radius 3 is 2.18 bits per heavy atom. The molecule has 0 aliphatic heterocycles. The highest BCUT2D eigenvalue weighted by molar-refractivity contribution is 5.81. The summed E-state index contributed by atoms with van der Waals surface area (Å²) in [4.78, 5) is 23.8. The van der Waals surface area contributed by atoms with Crippen LogP contribution in [0.2, 0.25) is 0 Å². The number of ether oxygens (including phenoxy) is 2. The van der Waals surface area contributed by atoms with Crippen molar-refractivity contribution in [2.24, 2.45) is 5.92 Å². The van der Waals surface area contributed by atoms with Crippen molar-refractivity contribution in [1.29, 1.82) is 0 Å². The van der Waals surface area contributed by atoms with Crippen LogP contribution >= 0.6 is 0 Å². The minimum atomic E-state index is -0.634. The van der Waals surface area contributed by atoms with E-state index in [1.807, 2.05) is 20.8 Å². The summed E-state index contributed by atoms with van der Waals surface area (Å²) in [6.07, 6.45) is 6.51. The van der Waals surface area contributed by atoms with E-state index in [-0.39, 0.29) is 11.9 Å². The van der Waals surface area contributed by atoms with E-state index in [1.54, 1.807) is 0 Å². The van der Waals surface area contributed by atoms with Gasteiger partial charge >= 0.3 is 12.1 Å². The lowest BCUT2D eigenvalue weighted by atomic mass is 9.99. The normalized spacial score (nSPS) is 13.3. The van der Waals surface area contributed by atoms with Crippen LogP contribution in [0, 0.1) is 5.92 Å². The highest BCUT2D eigenvalue weighted by Gasteiger charge is 2.27. The minimum absolute atomic E-state index is 0.0155. The van der Waals surface area contributed by atoms with Crippen molar-refractivity contribution < 1.29 is 19.1 Å². The molecular formula is C17H33NO4. The summed E-state index contributed by atoms with van der Waals surface area (Å²) in [5.74, 6) is -0.347. The number of hydrogen-bond donors (Lipinski definition) is 1. The van der Waals surface area contributed by atoms with Crippen LogP contribution in [0.15, 0.2) is 0 Å². The number of alkyl carbamates (subject to hydrolysis) is 1. The zero-order chi connectivity index (χ0) is 16.8. The molecule has 0 bridgehead atoms. The van der Waals surface area contributed by atoms with Crippen molar-refractivity contribution in [2.45, 2.75) is 78.7 Å². The average Bonchev–Trinajstić information content (AvgIpc) is 2.52. The largest absolute Gasteiger partial charge is 0.464 e. The van der Waals surface area contributed by atoms with Crippen LogP contribution in [-0.4, -0.2) is 31.3 Å².